The minimum absolute atomic E-state index is 0.00505. The van der Waals surface area contributed by atoms with Gasteiger partial charge in [0.1, 0.15) is 5.75 Å². The molecule has 2 rings (SSSR count). The molecule has 0 fully saturated rings. The lowest BCUT2D eigenvalue weighted by Gasteiger charge is -2.19. The molecule has 0 aliphatic heterocycles. The first kappa shape index (κ1) is 15.1. The molecule has 21 heavy (non-hydrogen) atoms. The van der Waals surface area contributed by atoms with Crippen LogP contribution in [0, 0.1) is 6.92 Å². The molecular formula is C18H20O3. The fraction of sp³-hybridized carbons (Fsp3) is 0.278. The first-order valence-corrected chi connectivity index (χ1v) is 7.05. The highest BCUT2D eigenvalue weighted by Crippen LogP contribution is 2.34. The molecule has 0 spiro atoms. The molecule has 2 aromatic carbocycles. The SMILES string of the molecule is CC(=O)OCCC(c1ccccc1)c1cc(C)ccc1O. The number of hydrogen-bond acceptors (Lipinski definition) is 3. The Morgan fingerprint density at radius 1 is 1.19 bits per heavy atom. The molecule has 1 unspecified atom stereocenters. The van der Waals surface area contributed by atoms with E-state index in [-0.39, 0.29) is 17.6 Å². The maximum Gasteiger partial charge on any atom is 0.302 e. The number of esters is 1. The van der Waals surface area contributed by atoms with Gasteiger partial charge in [0.2, 0.25) is 0 Å². The molecule has 3 nitrogen and oxygen atoms in total. The summed E-state index contributed by atoms with van der Waals surface area (Å²) in [6.45, 7) is 3.74. The van der Waals surface area contributed by atoms with Crippen LogP contribution < -0.4 is 0 Å². The smallest absolute Gasteiger partial charge is 0.302 e. The fourth-order valence-electron chi connectivity index (χ4n) is 2.46. The molecule has 0 aromatic heterocycles. The number of carbonyl (C=O) groups excluding carboxylic acids is 1. The van der Waals surface area contributed by atoms with Gasteiger partial charge >= 0.3 is 5.97 Å². The molecule has 3 heteroatoms. The van der Waals surface area contributed by atoms with Crippen LogP contribution in [-0.2, 0) is 9.53 Å². The van der Waals surface area contributed by atoms with E-state index in [1.165, 1.54) is 6.92 Å². The number of aromatic hydroxyl groups is 1. The van der Waals surface area contributed by atoms with Gasteiger partial charge in [-0.3, -0.25) is 4.79 Å². The number of rotatable bonds is 5. The maximum atomic E-state index is 10.9. The van der Waals surface area contributed by atoms with Crippen molar-refractivity contribution < 1.29 is 14.6 Å². The lowest BCUT2D eigenvalue weighted by atomic mass is 9.87. The topological polar surface area (TPSA) is 46.5 Å². The predicted molar refractivity (Wildman–Crippen MR) is 82.4 cm³/mol. The Bertz CT molecular complexity index is 605. The molecule has 0 amide bonds. The number of phenols is 1. The third-order valence-corrected chi connectivity index (χ3v) is 3.47. The van der Waals surface area contributed by atoms with Gasteiger partial charge in [-0.1, -0.05) is 48.0 Å². The number of carbonyl (C=O) groups is 1. The zero-order valence-electron chi connectivity index (χ0n) is 12.4. The van der Waals surface area contributed by atoms with Crippen LogP contribution in [0.25, 0.3) is 0 Å². The number of benzene rings is 2. The summed E-state index contributed by atoms with van der Waals surface area (Å²) < 4.78 is 5.06. The fourth-order valence-corrected chi connectivity index (χ4v) is 2.46. The molecular weight excluding hydrogens is 264 g/mol. The second-order valence-corrected chi connectivity index (χ2v) is 5.15. The average Bonchev–Trinajstić information content (AvgIpc) is 2.47. The van der Waals surface area contributed by atoms with Crippen LogP contribution in [0.15, 0.2) is 48.5 Å². The lowest BCUT2D eigenvalue weighted by Crippen LogP contribution is -2.08. The first-order chi connectivity index (χ1) is 10.1. The van der Waals surface area contributed by atoms with Crippen molar-refractivity contribution in [2.75, 3.05) is 6.61 Å². The minimum atomic E-state index is -0.282. The van der Waals surface area contributed by atoms with E-state index in [1.807, 2.05) is 49.4 Å². The van der Waals surface area contributed by atoms with Crippen LogP contribution in [0.5, 0.6) is 5.75 Å². The molecule has 0 radical (unpaired) electrons. The summed E-state index contributed by atoms with van der Waals surface area (Å²) in [5.74, 6) is -0.00185. The van der Waals surface area contributed by atoms with Crippen molar-refractivity contribution in [1.29, 1.82) is 0 Å². The van der Waals surface area contributed by atoms with Crippen molar-refractivity contribution in [1.82, 2.24) is 0 Å². The molecule has 0 aliphatic carbocycles. The average molecular weight is 284 g/mol. The third kappa shape index (κ3) is 4.09. The second kappa shape index (κ2) is 6.93. The summed E-state index contributed by atoms with van der Waals surface area (Å²) in [6.07, 6.45) is 0.639. The molecule has 0 bridgehead atoms. The van der Waals surface area contributed by atoms with Gasteiger partial charge in [-0.15, -0.1) is 0 Å². The zero-order chi connectivity index (χ0) is 15.2. The quantitative estimate of drug-likeness (QED) is 0.850. The molecule has 2 aromatic rings. The van der Waals surface area contributed by atoms with Gasteiger partial charge in [-0.25, -0.2) is 0 Å². The number of hydrogen-bond donors (Lipinski definition) is 1. The molecule has 110 valence electrons. The largest absolute Gasteiger partial charge is 0.508 e. The van der Waals surface area contributed by atoms with E-state index < -0.39 is 0 Å². The van der Waals surface area contributed by atoms with Crippen molar-refractivity contribution >= 4 is 5.97 Å². The van der Waals surface area contributed by atoms with Crippen molar-refractivity contribution in [3.8, 4) is 5.75 Å². The van der Waals surface area contributed by atoms with Crippen LogP contribution in [0.4, 0.5) is 0 Å². The van der Waals surface area contributed by atoms with Crippen LogP contribution in [0.1, 0.15) is 36.0 Å². The maximum absolute atomic E-state index is 10.9. The highest BCUT2D eigenvalue weighted by atomic mass is 16.5. The summed E-state index contributed by atoms with van der Waals surface area (Å²) in [6, 6.07) is 15.5. The second-order valence-electron chi connectivity index (χ2n) is 5.15. The van der Waals surface area contributed by atoms with Gasteiger partial charge in [-0.05, 0) is 25.0 Å². The molecule has 0 saturated carbocycles. The monoisotopic (exact) mass is 284 g/mol. The van der Waals surface area contributed by atoms with Gasteiger partial charge in [0.25, 0.3) is 0 Å². The highest BCUT2D eigenvalue weighted by Gasteiger charge is 2.18. The van der Waals surface area contributed by atoms with E-state index in [4.69, 9.17) is 4.74 Å². The van der Waals surface area contributed by atoms with Crippen LogP contribution >= 0.6 is 0 Å². The Kier molecular flexibility index (Phi) is 4.99. The lowest BCUT2D eigenvalue weighted by molar-refractivity contribution is -0.141. The number of phenolic OH excluding ortho intramolecular Hbond substituents is 1. The third-order valence-electron chi connectivity index (χ3n) is 3.47. The minimum Gasteiger partial charge on any atom is -0.508 e. The van der Waals surface area contributed by atoms with Crippen molar-refractivity contribution in [3.05, 3.63) is 65.2 Å². The van der Waals surface area contributed by atoms with Crippen molar-refractivity contribution in [3.63, 3.8) is 0 Å². The van der Waals surface area contributed by atoms with E-state index in [0.29, 0.717) is 13.0 Å². The first-order valence-electron chi connectivity index (χ1n) is 7.05. The summed E-state index contributed by atoms with van der Waals surface area (Å²) in [4.78, 5) is 10.9. The summed E-state index contributed by atoms with van der Waals surface area (Å²) in [7, 11) is 0. The van der Waals surface area contributed by atoms with Gasteiger partial charge in [-0.2, -0.15) is 0 Å². The number of aryl methyl sites for hydroxylation is 1. The zero-order valence-corrected chi connectivity index (χ0v) is 12.4. The van der Waals surface area contributed by atoms with Crippen LogP contribution in [0.3, 0.4) is 0 Å². The van der Waals surface area contributed by atoms with E-state index in [9.17, 15) is 9.90 Å². The van der Waals surface area contributed by atoms with E-state index >= 15 is 0 Å². The Labute approximate surface area is 125 Å². The molecule has 0 aliphatic rings. The molecule has 1 atom stereocenters. The van der Waals surface area contributed by atoms with Gasteiger partial charge in [0, 0.05) is 18.4 Å². The van der Waals surface area contributed by atoms with E-state index in [0.717, 1.165) is 16.7 Å². The molecule has 1 N–H and O–H groups in total. The Morgan fingerprint density at radius 2 is 1.90 bits per heavy atom. The standard InChI is InChI=1S/C18H20O3/c1-13-8-9-18(20)17(12-13)16(10-11-21-14(2)19)15-6-4-3-5-7-15/h3-9,12,16,20H,10-11H2,1-2H3. The van der Waals surface area contributed by atoms with Gasteiger partial charge in [0.05, 0.1) is 6.61 Å². The Morgan fingerprint density at radius 3 is 2.57 bits per heavy atom. The predicted octanol–water partition coefficient (Wildman–Crippen LogP) is 3.79. The summed E-state index contributed by atoms with van der Waals surface area (Å²) in [5.41, 5.74) is 3.06. The summed E-state index contributed by atoms with van der Waals surface area (Å²) >= 11 is 0. The van der Waals surface area contributed by atoms with E-state index in [1.54, 1.807) is 6.07 Å². The summed E-state index contributed by atoms with van der Waals surface area (Å²) in [5, 5.41) is 10.2. The Balaban J connectivity index is 2.31. The molecule has 0 saturated heterocycles. The highest BCUT2D eigenvalue weighted by molar-refractivity contribution is 5.65. The van der Waals surface area contributed by atoms with Crippen LogP contribution in [0.2, 0.25) is 0 Å². The Hall–Kier alpha value is -2.29. The van der Waals surface area contributed by atoms with Gasteiger partial charge in [0.15, 0.2) is 0 Å². The van der Waals surface area contributed by atoms with Gasteiger partial charge < -0.3 is 9.84 Å². The van der Waals surface area contributed by atoms with Crippen molar-refractivity contribution in [2.45, 2.75) is 26.2 Å². The normalized spacial score (nSPS) is 11.9. The van der Waals surface area contributed by atoms with E-state index in [2.05, 4.69) is 0 Å². The molecule has 0 heterocycles. The number of ether oxygens (including phenoxy) is 1. The van der Waals surface area contributed by atoms with Crippen LogP contribution in [-0.4, -0.2) is 17.7 Å². The van der Waals surface area contributed by atoms with Crippen molar-refractivity contribution in [2.24, 2.45) is 0 Å².